The molecule has 22 heavy (non-hydrogen) atoms. The first-order valence-corrected chi connectivity index (χ1v) is 7.74. The predicted molar refractivity (Wildman–Crippen MR) is 91.3 cm³/mol. The Kier molecular flexibility index (Phi) is 12.1. The van der Waals surface area contributed by atoms with Crippen LogP contribution in [0.5, 0.6) is 0 Å². The summed E-state index contributed by atoms with van der Waals surface area (Å²) in [5.74, 6) is 0.351. The number of carbonyl (C=O) groups is 1. The highest BCUT2D eigenvalue weighted by Crippen LogP contribution is 2.00. The number of aliphatic hydroxyl groups is 2. The molecule has 0 heterocycles. The maximum atomic E-state index is 11.4. The van der Waals surface area contributed by atoms with E-state index in [1.165, 1.54) is 6.08 Å². The molecule has 4 nitrogen and oxygen atoms in total. The minimum atomic E-state index is -0.512. The zero-order chi connectivity index (χ0) is 16.8. The molecule has 2 atom stereocenters. The van der Waals surface area contributed by atoms with Crippen LogP contribution in [0.4, 0.5) is 0 Å². The minimum absolute atomic E-state index is 0.0915. The average molecular weight is 307 g/mol. The van der Waals surface area contributed by atoms with E-state index in [0.717, 1.165) is 6.42 Å². The molecule has 0 aliphatic heterocycles. The van der Waals surface area contributed by atoms with Crippen molar-refractivity contribution >= 4 is 5.91 Å². The van der Waals surface area contributed by atoms with Gasteiger partial charge in [0, 0.05) is 12.6 Å². The molecule has 0 aliphatic rings. The van der Waals surface area contributed by atoms with Crippen LogP contribution in [-0.2, 0) is 4.79 Å². The fourth-order valence-corrected chi connectivity index (χ4v) is 1.46. The van der Waals surface area contributed by atoms with Gasteiger partial charge < -0.3 is 15.5 Å². The van der Waals surface area contributed by atoms with Crippen LogP contribution in [0.3, 0.4) is 0 Å². The van der Waals surface area contributed by atoms with E-state index < -0.39 is 12.2 Å². The van der Waals surface area contributed by atoms with E-state index in [9.17, 15) is 9.90 Å². The Morgan fingerprint density at radius 3 is 2.36 bits per heavy atom. The summed E-state index contributed by atoms with van der Waals surface area (Å²) in [6.07, 6.45) is 14.0. The average Bonchev–Trinajstić information content (AvgIpc) is 2.44. The van der Waals surface area contributed by atoms with Crippen molar-refractivity contribution in [2.45, 2.75) is 45.8 Å². The van der Waals surface area contributed by atoms with E-state index in [1.54, 1.807) is 43.4 Å². The maximum absolute atomic E-state index is 11.4. The molecule has 0 spiro atoms. The molecular weight excluding hydrogens is 278 g/mol. The SMILES string of the molecule is CC(O)/C=C/C=C/C(O)CC/C=C/C=C/C(=O)NCC(C)C. The predicted octanol–water partition coefficient (Wildman–Crippen LogP) is 2.51. The second-order valence-electron chi connectivity index (χ2n) is 5.58. The van der Waals surface area contributed by atoms with Gasteiger partial charge in [0.15, 0.2) is 0 Å². The fourth-order valence-electron chi connectivity index (χ4n) is 1.46. The zero-order valence-corrected chi connectivity index (χ0v) is 13.8. The van der Waals surface area contributed by atoms with Crippen molar-refractivity contribution in [1.82, 2.24) is 5.32 Å². The van der Waals surface area contributed by atoms with Crippen LogP contribution in [0.1, 0.15) is 33.6 Å². The number of allylic oxidation sites excluding steroid dienone is 5. The van der Waals surface area contributed by atoms with E-state index in [-0.39, 0.29) is 5.91 Å². The first kappa shape index (κ1) is 20.3. The normalized spacial score (nSPS) is 15.5. The van der Waals surface area contributed by atoms with Gasteiger partial charge in [0.2, 0.25) is 5.91 Å². The Labute approximate surface area is 133 Å². The van der Waals surface area contributed by atoms with Gasteiger partial charge in [0.1, 0.15) is 0 Å². The maximum Gasteiger partial charge on any atom is 0.243 e. The molecule has 2 unspecified atom stereocenters. The van der Waals surface area contributed by atoms with Crippen molar-refractivity contribution in [3.63, 3.8) is 0 Å². The third-order valence-electron chi connectivity index (χ3n) is 2.64. The van der Waals surface area contributed by atoms with Crippen LogP contribution in [0.25, 0.3) is 0 Å². The summed E-state index contributed by atoms with van der Waals surface area (Å²) < 4.78 is 0. The Balaban J connectivity index is 3.83. The Bertz CT molecular complexity index is 407. The largest absolute Gasteiger partial charge is 0.389 e. The second-order valence-corrected chi connectivity index (χ2v) is 5.58. The van der Waals surface area contributed by atoms with E-state index in [1.807, 2.05) is 19.9 Å². The lowest BCUT2D eigenvalue weighted by atomic mass is 10.1. The summed E-state index contributed by atoms with van der Waals surface area (Å²) in [4.78, 5) is 11.4. The van der Waals surface area contributed by atoms with E-state index in [0.29, 0.717) is 18.9 Å². The first-order valence-electron chi connectivity index (χ1n) is 7.74. The molecule has 0 saturated carbocycles. The minimum Gasteiger partial charge on any atom is -0.389 e. The van der Waals surface area contributed by atoms with Crippen LogP contribution >= 0.6 is 0 Å². The number of hydrogen-bond donors (Lipinski definition) is 3. The second kappa shape index (κ2) is 13.0. The van der Waals surface area contributed by atoms with Crippen LogP contribution in [0, 0.1) is 5.92 Å². The molecule has 0 radical (unpaired) electrons. The molecule has 0 aromatic heterocycles. The van der Waals surface area contributed by atoms with Crippen LogP contribution in [-0.4, -0.2) is 34.9 Å². The molecule has 4 heteroatoms. The zero-order valence-electron chi connectivity index (χ0n) is 13.8. The summed E-state index contributed by atoms with van der Waals surface area (Å²) in [5.41, 5.74) is 0. The Hall–Kier alpha value is -1.65. The molecular formula is C18H29NO3. The summed E-state index contributed by atoms with van der Waals surface area (Å²) in [5, 5.41) is 21.5. The lowest BCUT2D eigenvalue weighted by Crippen LogP contribution is -2.25. The molecule has 0 aliphatic carbocycles. The molecule has 124 valence electrons. The van der Waals surface area contributed by atoms with E-state index in [2.05, 4.69) is 5.32 Å². The van der Waals surface area contributed by atoms with Crippen molar-refractivity contribution in [3.05, 3.63) is 48.6 Å². The van der Waals surface area contributed by atoms with Gasteiger partial charge >= 0.3 is 0 Å². The standard InChI is InChI=1S/C18H29NO3/c1-15(2)14-19-18(22)13-7-5-4-6-11-17(21)12-9-8-10-16(3)20/h4-5,7-10,12-13,15-17,20-21H,6,11,14H2,1-3H3,(H,19,22)/b5-4+,10-8+,12-9+,13-7+. The van der Waals surface area contributed by atoms with E-state index >= 15 is 0 Å². The lowest BCUT2D eigenvalue weighted by molar-refractivity contribution is -0.116. The Morgan fingerprint density at radius 2 is 1.73 bits per heavy atom. The number of hydrogen-bond acceptors (Lipinski definition) is 3. The van der Waals surface area contributed by atoms with Gasteiger partial charge in [-0.3, -0.25) is 4.79 Å². The highest BCUT2D eigenvalue weighted by molar-refractivity contribution is 5.87. The van der Waals surface area contributed by atoms with Crippen molar-refractivity contribution in [3.8, 4) is 0 Å². The summed E-state index contributed by atoms with van der Waals surface area (Å²) >= 11 is 0. The topological polar surface area (TPSA) is 69.6 Å². The Morgan fingerprint density at radius 1 is 1.05 bits per heavy atom. The highest BCUT2D eigenvalue weighted by Gasteiger charge is 1.96. The number of rotatable bonds is 10. The molecule has 0 saturated heterocycles. The number of aliphatic hydroxyl groups excluding tert-OH is 2. The van der Waals surface area contributed by atoms with Crippen LogP contribution in [0.15, 0.2) is 48.6 Å². The van der Waals surface area contributed by atoms with Gasteiger partial charge in [-0.05, 0) is 25.7 Å². The van der Waals surface area contributed by atoms with Crippen LogP contribution < -0.4 is 5.32 Å². The monoisotopic (exact) mass is 307 g/mol. The molecule has 0 fully saturated rings. The third kappa shape index (κ3) is 14.8. The fraction of sp³-hybridized carbons (Fsp3) is 0.500. The van der Waals surface area contributed by atoms with Gasteiger partial charge in [0.25, 0.3) is 0 Å². The number of amides is 1. The molecule has 0 aromatic rings. The summed E-state index contributed by atoms with van der Waals surface area (Å²) in [7, 11) is 0. The van der Waals surface area contributed by atoms with E-state index in [4.69, 9.17) is 5.11 Å². The van der Waals surface area contributed by atoms with Gasteiger partial charge in [-0.15, -0.1) is 0 Å². The van der Waals surface area contributed by atoms with Crippen molar-refractivity contribution in [1.29, 1.82) is 0 Å². The number of carbonyl (C=O) groups excluding carboxylic acids is 1. The highest BCUT2D eigenvalue weighted by atomic mass is 16.3. The molecule has 0 bridgehead atoms. The van der Waals surface area contributed by atoms with Crippen molar-refractivity contribution in [2.75, 3.05) is 6.54 Å². The van der Waals surface area contributed by atoms with Gasteiger partial charge in [-0.1, -0.05) is 56.4 Å². The van der Waals surface area contributed by atoms with Gasteiger partial charge in [-0.2, -0.15) is 0 Å². The number of nitrogens with one attached hydrogen (secondary N) is 1. The lowest BCUT2D eigenvalue weighted by Gasteiger charge is -2.03. The molecule has 0 aromatic carbocycles. The summed E-state index contributed by atoms with van der Waals surface area (Å²) in [6, 6.07) is 0. The molecule has 1 amide bonds. The van der Waals surface area contributed by atoms with Crippen LogP contribution in [0.2, 0.25) is 0 Å². The van der Waals surface area contributed by atoms with Crippen molar-refractivity contribution in [2.24, 2.45) is 5.92 Å². The van der Waals surface area contributed by atoms with Gasteiger partial charge in [0.05, 0.1) is 12.2 Å². The third-order valence-corrected chi connectivity index (χ3v) is 2.64. The quantitative estimate of drug-likeness (QED) is 0.429. The smallest absolute Gasteiger partial charge is 0.243 e. The molecule has 3 N–H and O–H groups in total. The first-order chi connectivity index (χ1) is 10.4. The van der Waals surface area contributed by atoms with Gasteiger partial charge in [-0.25, -0.2) is 0 Å². The molecule has 0 rings (SSSR count). The van der Waals surface area contributed by atoms with Crippen molar-refractivity contribution < 1.29 is 15.0 Å². The summed E-state index contributed by atoms with van der Waals surface area (Å²) in [6.45, 7) is 6.44.